The number of phenolic OH excluding ortho intramolecular Hbond substituents is 1. The van der Waals surface area contributed by atoms with Crippen molar-refractivity contribution in [3.05, 3.63) is 94.4 Å². The predicted octanol–water partition coefficient (Wildman–Crippen LogP) is 4.06. The van der Waals surface area contributed by atoms with Gasteiger partial charge in [-0.15, -0.1) is 0 Å². The third-order valence-corrected chi connectivity index (χ3v) is 4.96. The molecule has 0 radical (unpaired) electrons. The molecule has 0 fully saturated rings. The van der Waals surface area contributed by atoms with Crippen molar-refractivity contribution in [2.45, 2.75) is 13.3 Å². The molecule has 0 spiro atoms. The van der Waals surface area contributed by atoms with Crippen LogP contribution in [-0.2, 0) is 6.42 Å². The number of aromatic nitrogens is 3. The molecule has 0 aliphatic carbocycles. The largest absolute Gasteiger partial charge is 0.507 e. The van der Waals surface area contributed by atoms with Crippen molar-refractivity contribution in [3.8, 4) is 17.2 Å². The van der Waals surface area contributed by atoms with Crippen LogP contribution in [0.3, 0.4) is 0 Å². The SMILES string of the molecule is C=C(C)Cc1cccc(/C=N/Nc2nc3cccnc3n(-c3ccc(OC)cc3)c2=O)c1O. The Bertz CT molecular complexity index is 1410. The number of hydrazone groups is 1. The van der Waals surface area contributed by atoms with Crippen LogP contribution in [0.25, 0.3) is 16.9 Å². The van der Waals surface area contributed by atoms with Gasteiger partial charge in [-0.2, -0.15) is 5.10 Å². The first-order valence-corrected chi connectivity index (χ1v) is 10.2. The molecule has 0 atom stereocenters. The maximum atomic E-state index is 13.3. The first-order valence-electron chi connectivity index (χ1n) is 10.2. The summed E-state index contributed by atoms with van der Waals surface area (Å²) in [5.41, 5.74) is 6.07. The third kappa shape index (κ3) is 4.59. The van der Waals surface area contributed by atoms with Gasteiger partial charge in [-0.25, -0.2) is 9.97 Å². The fourth-order valence-corrected chi connectivity index (χ4v) is 3.41. The van der Waals surface area contributed by atoms with E-state index in [2.05, 4.69) is 27.1 Å². The monoisotopic (exact) mass is 441 g/mol. The predicted molar refractivity (Wildman–Crippen MR) is 130 cm³/mol. The number of benzene rings is 2. The fourth-order valence-electron chi connectivity index (χ4n) is 3.41. The van der Waals surface area contributed by atoms with Crippen LogP contribution in [-0.4, -0.2) is 33.0 Å². The Morgan fingerprint density at radius 2 is 2.00 bits per heavy atom. The summed E-state index contributed by atoms with van der Waals surface area (Å²) in [5, 5.41) is 14.7. The van der Waals surface area contributed by atoms with Crippen molar-refractivity contribution in [3.63, 3.8) is 0 Å². The second-order valence-corrected chi connectivity index (χ2v) is 7.50. The van der Waals surface area contributed by atoms with E-state index in [-0.39, 0.29) is 11.6 Å². The van der Waals surface area contributed by atoms with E-state index >= 15 is 0 Å². The lowest BCUT2D eigenvalue weighted by atomic mass is 10.0. The Balaban J connectivity index is 1.71. The van der Waals surface area contributed by atoms with Gasteiger partial charge in [-0.05, 0) is 61.4 Å². The van der Waals surface area contributed by atoms with Gasteiger partial charge in [-0.3, -0.25) is 14.8 Å². The van der Waals surface area contributed by atoms with E-state index < -0.39 is 5.56 Å². The van der Waals surface area contributed by atoms with E-state index in [1.807, 2.05) is 19.1 Å². The summed E-state index contributed by atoms with van der Waals surface area (Å²) >= 11 is 0. The molecule has 166 valence electrons. The minimum Gasteiger partial charge on any atom is -0.507 e. The average molecular weight is 441 g/mol. The van der Waals surface area contributed by atoms with Gasteiger partial charge in [0, 0.05) is 11.8 Å². The van der Waals surface area contributed by atoms with Crippen LogP contribution < -0.4 is 15.7 Å². The average Bonchev–Trinajstić information content (AvgIpc) is 2.81. The van der Waals surface area contributed by atoms with Crippen LogP contribution in [0, 0.1) is 0 Å². The summed E-state index contributed by atoms with van der Waals surface area (Å²) in [5.74, 6) is 0.826. The van der Waals surface area contributed by atoms with Crippen LogP contribution in [0.4, 0.5) is 5.82 Å². The molecule has 8 nitrogen and oxygen atoms in total. The molecule has 0 aliphatic rings. The topological polar surface area (TPSA) is 102 Å². The van der Waals surface area contributed by atoms with Gasteiger partial charge in [0.1, 0.15) is 17.0 Å². The van der Waals surface area contributed by atoms with Crippen LogP contribution in [0.1, 0.15) is 18.1 Å². The van der Waals surface area contributed by atoms with Crippen LogP contribution in [0.2, 0.25) is 0 Å². The second-order valence-electron chi connectivity index (χ2n) is 7.50. The van der Waals surface area contributed by atoms with Gasteiger partial charge >= 0.3 is 5.56 Å². The molecule has 2 heterocycles. The summed E-state index contributed by atoms with van der Waals surface area (Å²) in [4.78, 5) is 22.0. The molecule has 0 amide bonds. The number of anilines is 1. The first-order chi connectivity index (χ1) is 16.0. The minimum atomic E-state index is -0.413. The Labute approximate surface area is 190 Å². The van der Waals surface area contributed by atoms with Crippen molar-refractivity contribution in [1.29, 1.82) is 0 Å². The van der Waals surface area contributed by atoms with Crippen LogP contribution in [0.5, 0.6) is 11.5 Å². The molecular weight excluding hydrogens is 418 g/mol. The number of hydrogen-bond donors (Lipinski definition) is 2. The van der Waals surface area contributed by atoms with Crippen molar-refractivity contribution in [2.24, 2.45) is 5.10 Å². The molecule has 2 aromatic carbocycles. The normalized spacial score (nSPS) is 11.1. The lowest BCUT2D eigenvalue weighted by Crippen LogP contribution is -2.23. The summed E-state index contributed by atoms with van der Waals surface area (Å²) in [6.45, 7) is 5.78. The van der Waals surface area contributed by atoms with Crippen molar-refractivity contribution < 1.29 is 9.84 Å². The zero-order valence-corrected chi connectivity index (χ0v) is 18.3. The zero-order valence-electron chi connectivity index (χ0n) is 18.3. The number of nitrogens with zero attached hydrogens (tertiary/aromatic N) is 4. The zero-order chi connectivity index (χ0) is 23.4. The van der Waals surface area contributed by atoms with Gasteiger partial charge in [0.2, 0.25) is 5.82 Å². The van der Waals surface area contributed by atoms with Crippen LogP contribution in [0.15, 0.2) is 82.8 Å². The Morgan fingerprint density at radius 1 is 1.21 bits per heavy atom. The number of aromatic hydroxyl groups is 1. The standard InChI is InChI=1S/C25H23N5O3/c1-16(2)14-17-6-4-7-18(22(17)31)15-27-29-23-25(32)30(19-9-11-20(33-3)12-10-19)24-21(28-23)8-5-13-26-24/h4-13,15,31H,1,14H2,2-3H3,(H,28,29)/b27-15+. The van der Waals surface area contributed by atoms with E-state index in [4.69, 9.17) is 4.74 Å². The molecule has 0 unspecified atom stereocenters. The van der Waals surface area contributed by atoms with E-state index in [0.717, 1.165) is 11.1 Å². The summed E-state index contributed by atoms with van der Waals surface area (Å²) < 4.78 is 6.67. The number of nitrogens with one attached hydrogen (secondary N) is 1. The lowest BCUT2D eigenvalue weighted by molar-refractivity contribution is 0.414. The van der Waals surface area contributed by atoms with Gasteiger partial charge in [-0.1, -0.05) is 24.3 Å². The van der Waals surface area contributed by atoms with E-state index in [1.165, 1.54) is 10.8 Å². The van der Waals surface area contributed by atoms with E-state index in [1.54, 1.807) is 55.8 Å². The van der Waals surface area contributed by atoms with Gasteiger partial charge in [0.15, 0.2) is 5.65 Å². The minimum absolute atomic E-state index is 0.0279. The molecule has 4 aromatic rings. The Morgan fingerprint density at radius 3 is 2.73 bits per heavy atom. The number of ether oxygens (including phenoxy) is 1. The number of allylic oxidation sites excluding steroid dienone is 1. The Hall–Kier alpha value is -4.46. The number of phenols is 1. The molecule has 33 heavy (non-hydrogen) atoms. The molecule has 2 N–H and O–H groups in total. The summed E-state index contributed by atoms with van der Waals surface area (Å²) in [6, 6.07) is 16.0. The smallest absolute Gasteiger partial charge is 0.301 e. The maximum absolute atomic E-state index is 13.3. The molecule has 0 bridgehead atoms. The number of para-hydroxylation sites is 1. The molecule has 8 heteroatoms. The van der Waals surface area contributed by atoms with Crippen molar-refractivity contribution in [2.75, 3.05) is 12.5 Å². The molecule has 2 aromatic heterocycles. The van der Waals surface area contributed by atoms with Gasteiger partial charge in [0.05, 0.1) is 19.0 Å². The van der Waals surface area contributed by atoms with Gasteiger partial charge < -0.3 is 9.84 Å². The highest BCUT2D eigenvalue weighted by Crippen LogP contribution is 2.23. The second kappa shape index (κ2) is 9.35. The number of hydrogen-bond acceptors (Lipinski definition) is 7. The van der Waals surface area contributed by atoms with Gasteiger partial charge in [0.25, 0.3) is 0 Å². The van der Waals surface area contributed by atoms with Crippen LogP contribution >= 0.6 is 0 Å². The molecule has 4 rings (SSSR count). The molecule has 0 saturated carbocycles. The quantitative estimate of drug-likeness (QED) is 0.255. The summed E-state index contributed by atoms with van der Waals surface area (Å²) in [7, 11) is 1.58. The van der Waals surface area contributed by atoms with Crippen molar-refractivity contribution >= 4 is 23.2 Å². The number of fused-ring (bicyclic) bond motifs is 1. The summed E-state index contributed by atoms with van der Waals surface area (Å²) in [6.07, 6.45) is 3.62. The highest BCUT2D eigenvalue weighted by Gasteiger charge is 2.13. The van der Waals surface area contributed by atoms with Crippen molar-refractivity contribution in [1.82, 2.24) is 14.5 Å². The van der Waals surface area contributed by atoms with E-state index in [0.29, 0.717) is 34.6 Å². The molecular formula is C25H23N5O3. The molecule has 0 aliphatic heterocycles. The number of methoxy groups -OCH3 is 1. The fraction of sp³-hybridized carbons (Fsp3) is 0.120. The van der Waals surface area contributed by atoms with E-state index in [9.17, 15) is 9.90 Å². The third-order valence-electron chi connectivity index (χ3n) is 4.96. The number of rotatable bonds is 7. The Kier molecular flexibility index (Phi) is 6.17. The highest BCUT2D eigenvalue weighted by atomic mass is 16.5. The molecule has 0 saturated heterocycles. The number of pyridine rings is 1. The highest BCUT2D eigenvalue weighted by molar-refractivity contribution is 5.84. The lowest BCUT2D eigenvalue weighted by Gasteiger charge is -2.11. The maximum Gasteiger partial charge on any atom is 0.301 e. The first kappa shape index (κ1) is 21.8.